The second-order valence-corrected chi connectivity index (χ2v) is 8.64. The van der Waals surface area contributed by atoms with Gasteiger partial charge in [-0.2, -0.15) is 0 Å². The number of hydrogen-bond acceptors (Lipinski definition) is 3. The predicted octanol–water partition coefficient (Wildman–Crippen LogP) is 4.90. The lowest BCUT2D eigenvalue weighted by atomic mass is 10.1. The Labute approximate surface area is 180 Å². The molecule has 1 atom stereocenters. The summed E-state index contributed by atoms with van der Waals surface area (Å²) in [5.74, 6) is -0.0848. The lowest BCUT2D eigenvalue weighted by Gasteiger charge is -2.29. The topological polar surface area (TPSA) is 49.4 Å². The molecule has 0 spiro atoms. The summed E-state index contributed by atoms with van der Waals surface area (Å²) >= 11 is 7.45. The van der Waals surface area contributed by atoms with Crippen molar-refractivity contribution in [1.29, 1.82) is 0 Å². The SMILES string of the molecule is CC(C)NC(=O)[C@H](C)N(Cc1ccc(F)cc1)C(=O)CCSc1ccc(Cl)cc1. The molecule has 0 heterocycles. The van der Waals surface area contributed by atoms with Crippen molar-refractivity contribution >= 4 is 35.2 Å². The summed E-state index contributed by atoms with van der Waals surface area (Å²) in [5.41, 5.74) is 0.773. The Bertz CT molecular complexity index is 813. The smallest absolute Gasteiger partial charge is 0.242 e. The van der Waals surface area contributed by atoms with Gasteiger partial charge >= 0.3 is 0 Å². The fraction of sp³-hybridized carbons (Fsp3) is 0.364. The quantitative estimate of drug-likeness (QED) is 0.568. The second-order valence-electron chi connectivity index (χ2n) is 7.04. The van der Waals surface area contributed by atoms with Crippen molar-refractivity contribution < 1.29 is 14.0 Å². The van der Waals surface area contributed by atoms with Crippen molar-refractivity contribution in [3.8, 4) is 0 Å². The number of hydrogen-bond donors (Lipinski definition) is 1. The van der Waals surface area contributed by atoms with E-state index in [0.29, 0.717) is 10.8 Å². The van der Waals surface area contributed by atoms with Gasteiger partial charge in [-0.15, -0.1) is 11.8 Å². The van der Waals surface area contributed by atoms with Crippen LogP contribution in [0.5, 0.6) is 0 Å². The molecule has 0 aliphatic heterocycles. The largest absolute Gasteiger partial charge is 0.352 e. The van der Waals surface area contributed by atoms with Gasteiger partial charge in [0.1, 0.15) is 11.9 Å². The number of carbonyl (C=O) groups excluding carboxylic acids is 2. The molecule has 2 aromatic rings. The number of nitrogens with zero attached hydrogens (tertiary/aromatic N) is 1. The summed E-state index contributed by atoms with van der Waals surface area (Å²) in [6.45, 7) is 5.71. The van der Waals surface area contributed by atoms with Crippen LogP contribution in [0.2, 0.25) is 5.02 Å². The Morgan fingerprint density at radius 2 is 1.69 bits per heavy atom. The van der Waals surface area contributed by atoms with E-state index in [-0.39, 0.29) is 36.6 Å². The molecule has 0 aromatic heterocycles. The Morgan fingerprint density at radius 3 is 2.28 bits per heavy atom. The molecule has 2 rings (SSSR count). The maximum Gasteiger partial charge on any atom is 0.242 e. The number of halogens is 2. The van der Waals surface area contributed by atoms with E-state index in [9.17, 15) is 14.0 Å². The summed E-state index contributed by atoms with van der Waals surface area (Å²) in [7, 11) is 0. The highest BCUT2D eigenvalue weighted by molar-refractivity contribution is 7.99. The fourth-order valence-electron chi connectivity index (χ4n) is 2.70. The summed E-state index contributed by atoms with van der Waals surface area (Å²) in [6.07, 6.45) is 0.286. The Morgan fingerprint density at radius 1 is 1.07 bits per heavy atom. The zero-order chi connectivity index (χ0) is 21.4. The monoisotopic (exact) mass is 436 g/mol. The van der Waals surface area contributed by atoms with Crippen LogP contribution < -0.4 is 5.32 Å². The minimum Gasteiger partial charge on any atom is -0.352 e. The second kappa shape index (κ2) is 11.2. The molecule has 0 radical (unpaired) electrons. The van der Waals surface area contributed by atoms with Crippen molar-refractivity contribution in [3.05, 3.63) is 64.9 Å². The molecule has 0 unspecified atom stereocenters. The van der Waals surface area contributed by atoms with Crippen LogP contribution in [-0.2, 0) is 16.1 Å². The number of rotatable bonds is 9. The number of amides is 2. The van der Waals surface area contributed by atoms with Gasteiger partial charge in [0.2, 0.25) is 11.8 Å². The van der Waals surface area contributed by atoms with Gasteiger partial charge in [-0.1, -0.05) is 23.7 Å². The molecule has 7 heteroatoms. The highest BCUT2D eigenvalue weighted by Crippen LogP contribution is 2.22. The molecule has 29 heavy (non-hydrogen) atoms. The third-order valence-corrected chi connectivity index (χ3v) is 5.53. The van der Waals surface area contributed by atoms with Crippen LogP contribution in [0.4, 0.5) is 4.39 Å². The van der Waals surface area contributed by atoms with Gasteiger partial charge in [-0.25, -0.2) is 4.39 Å². The molecule has 0 saturated carbocycles. The van der Waals surface area contributed by atoms with E-state index in [1.807, 2.05) is 38.1 Å². The molecule has 2 amide bonds. The molecular weight excluding hydrogens is 411 g/mol. The zero-order valence-electron chi connectivity index (χ0n) is 16.8. The van der Waals surface area contributed by atoms with Crippen LogP contribution >= 0.6 is 23.4 Å². The van der Waals surface area contributed by atoms with E-state index in [1.54, 1.807) is 35.7 Å². The maximum absolute atomic E-state index is 13.2. The zero-order valence-corrected chi connectivity index (χ0v) is 18.4. The van der Waals surface area contributed by atoms with E-state index in [2.05, 4.69) is 5.32 Å². The Balaban J connectivity index is 2.05. The Hall–Kier alpha value is -2.05. The summed E-state index contributed by atoms with van der Waals surface area (Å²) in [5, 5.41) is 3.52. The van der Waals surface area contributed by atoms with Gasteiger partial charge in [0.15, 0.2) is 0 Å². The highest BCUT2D eigenvalue weighted by Gasteiger charge is 2.26. The van der Waals surface area contributed by atoms with Gasteiger partial charge < -0.3 is 10.2 Å². The van der Waals surface area contributed by atoms with Crippen LogP contribution in [0.15, 0.2) is 53.4 Å². The first-order valence-electron chi connectivity index (χ1n) is 9.49. The molecule has 1 N–H and O–H groups in total. The number of thioether (sulfide) groups is 1. The first kappa shape index (κ1) is 23.2. The maximum atomic E-state index is 13.2. The minimum absolute atomic E-state index is 0.0202. The standard InChI is InChI=1S/C22H26ClFN2O2S/c1-15(2)25-22(28)16(3)26(14-17-4-8-19(24)9-5-17)21(27)12-13-29-20-10-6-18(23)7-11-20/h4-11,15-16H,12-14H2,1-3H3,(H,25,28)/t16-/m0/s1. The number of nitrogens with one attached hydrogen (secondary N) is 1. The third-order valence-electron chi connectivity index (χ3n) is 4.26. The molecule has 0 aliphatic carbocycles. The first-order chi connectivity index (χ1) is 13.8. The molecule has 4 nitrogen and oxygen atoms in total. The van der Waals surface area contributed by atoms with Crippen molar-refractivity contribution in [2.45, 2.75) is 50.7 Å². The van der Waals surface area contributed by atoms with E-state index >= 15 is 0 Å². The number of carbonyl (C=O) groups is 2. The van der Waals surface area contributed by atoms with Gasteiger partial charge in [-0.3, -0.25) is 9.59 Å². The van der Waals surface area contributed by atoms with Crippen molar-refractivity contribution in [3.63, 3.8) is 0 Å². The van der Waals surface area contributed by atoms with Crippen LogP contribution in [0.1, 0.15) is 32.8 Å². The van der Waals surface area contributed by atoms with Crippen LogP contribution in [0.25, 0.3) is 0 Å². The lowest BCUT2D eigenvalue weighted by molar-refractivity contribution is -0.140. The lowest BCUT2D eigenvalue weighted by Crippen LogP contribution is -2.49. The van der Waals surface area contributed by atoms with Crippen LogP contribution in [0.3, 0.4) is 0 Å². The number of benzene rings is 2. The molecule has 2 aromatic carbocycles. The van der Waals surface area contributed by atoms with Crippen molar-refractivity contribution in [2.75, 3.05) is 5.75 Å². The molecule has 0 aliphatic rings. The van der Waals surface area contributed by atoms with E-state index in [4.69, 9.17) is 11.6 Å². The fourth-order valence-corrected chi connectivity index (χ4v) is 3.67. The normalized spacial score (nSPS) is 11.9. The third kappa shape index (κ3) is 7.71. The summed E-state index contributed by atoms with van der Waals surface area (Å²) in [6, 6.07) is 12.8. The molecule has 0 bridgehead atoms. The summed E-state index contributed by atoms with van der Waals surface area (Å²) in [4.78, 5) is 28.0. The van der Waals surface area contributed by atoms with E-state index in [1.165, 1.54) is 12.1 Å². The molecule has 0 saturated heterocycles. The van der Waals surface area contributed by atoms with Crippen molar-refractivity contribution in [2.24, 2.45) is 0 Å². The average molecular weight is 437 g/mol. The van der Waals surface area contributed by atoms with E-state index in [0.717, 1.165) is 10.5 Å². The van der Waals surface area contributed by atoms with Crippen molar-refractivity contribution in [1.82, 2.24) is 10.2 Å². The van der Waals surface area contributed by atoms with Gasteiger partial charge in [0.05, 0.1) is 0 Å². The molecule has 156 valence electrons. The Kier molecular flexibility index (Phi) is 8.99. The average Bonchev–Trinajstić information content (AvgIpc) is 2.68. The van der Waals surface area contributed by atoms with Gasteiger partial charge in [0, 0.05) is 34.7 Å². The van der Waals surface area contributed by atoms with Crippen LogP contribution in [0, 0.1) is 5.82 Å². The van der Waals surface area contributed by atoms with E-state index < -0.39 is 6.04 Å². The van der Waals surface area contributed by atoms with Crippen LogP contribution in [-0.4, -0.2) is 34.6 Å². The van der Waals surface area contributed by atoms with Gasteiger partial charge in [0.25, 0.3) is 0 Å². The van der Waals surface area contributed by atoms with Gasteiger partial charge in [-0.05, 0) is 62.7 Å². The highest BCUT2D eigenvalue weighted by atomic mass is 35.5. The predicted molar refractivity (Wildman–Crippen MR) is 116 cm³/mol. The molecule has 0 fully saturated rings. The first-order valence-corrected chi connectivity index (χ1v) is 10.8. The minimum atomic E-state index is -0.629. The molecular formula is C22H26ClFN2O2S. The summed E-state index contributed by atoms with van der Waals surface area (Å²) < 4.78 is 13.2.